The first-order valence-corrected chi connectivity index (χ1v) is 19.6. The second-order valence-corrected chi connectivity index (χ2v) is 15.8. The average Bonchev–Trinajstić information content (AvgIpc) is 3.81. The van der Waals surface area contributed by atoms with Crippen LogP contribution in [0.4, 0.5) is 0 Å². The van der Waals surface area contributed by atoms with Gasteiger partial charge in [-0.05, 0) is 75.5 Å². The van der Waals surface area contributed by atoms with E-state index in [9.17, 15) is 0 Å². The van der Waals surface area contributed by atoms with Crippen LogP contribution < -0.4 is 0 Å². The highest BCUT2D eigenvalue weighted by molar-refractivity contribution is 7.26. The number of benzene rings is 8. The van der Waals surface area contributed by atoms with Crippen molar-refractivity contribution in [3.05, 3.63) is 176 Å². The molecule has 0 radical (unpaired) electrons. The number of fused-ring (bicyclic) bond motifs is 7. The molecule has 3 aromatic heterocycles. The summed E-state index contributed by atoms with van der Waals surface area (Å²) in [5, 5.41) is 7.45. The van der Waals surface area contributed by atoms with Crippen LogP contribution in [0.25, 0.3) is 108 Å². The summed E-state index contributed by atoms with van der Waals surface area (Å²) in [5.74, 6) is 1.96. The lowest BCUT2D eigenvalue weighted by Crippen LogP contribution is -2.00. The Hall–Kier alpha value is -6.53. The molecule has 3 heterocycles. The molecule has 3 nitrogen and oxygen atoms in total. The second kappa shape index (κ2) is 12.6. The van der Waals surface area contributed by atoms with Crippen LogP contribution in [0.5, 0.6) is 0 Å². The van der Waals surface area contributed by atoms with E-state index < -0.39 is 0 Å². The summed E-state index contributed by atoms with van der Waals surface area (Å²) in [6, 6.07) is 62.7. The second-order valence-electron chi connectivity index (χ2n) is 13.6. The Labute approximate surface area is 319 Å². The Bertz CT molecular complexity index is 3220. The van der Waals surface area contributed by atoms with Gasteiger partial charge in [-0.3, -0.25) is 0 Å². The average molecular weight is 724 g/mol. The zero-order valence-corrected chi connectivity index (χ0v) is 30.5. The van der Waals surface area contributed by atoms with Crippen molar-refractivity contribution in [3.63, 3.8) is 0 Å². The Balaban J connectivity index is 1.11. The molecular weight excluding hydrogens is 695 g/mol. The molecule has 252 valence electrons. The number of thiophene rings is 2. The maximum absolute atomic E-state index is 5.23. The maximum Gasteiger partial charge on any atom is 0.164 e. The highest BCUT2D eigenvalue weighted by atomic mass is 32.1. The minimum Gasteiger partial charge on any atom is -0.208 e. The molecule has 0 spiro atoms. The molecule has 0 fully saturated rings. The minimum atomic E-state index is 0.651. The summed E-state index contributed by atoms with van der Waals surface area (Å²) >= 11 is 3.67. The molecule has 0 saturated carbocycles. The fraction of sp³-hybridized carbons (Fsp3) is 0. The molecule has 0 aliphatic heterocycles. The minimum absolute atomic E-state index is 0.651. The normalized spacial score (nSPS) is 11.7. The maximum atomic E-state index is 5.23. The predicted octanol–water partition coefficient (Wildman–Crippen LogP) is 14.1. The van der Waals surface area contributed by atoms with Crippen LogP contribution in [0.15, 0.2) is 176 Å². The summed E-state index contributed by atoms with van der Waals surface area (Å²) in [7, 11) is 0. The van der Waals surface area contributed by atoms with E-state index in [0.717, 1.165) is 22.1 Å². The number of rotatable bonds is 5. The summed E-state index contributed by atoms with van der Waals surface area (Å²) in [4.78, 5) is 15.5. The van der Waals surface area contributed by atoms with Crippen molar-refractivity contribution in [2.45, 2.75) is 0 Å². The van der Waals surface area contributed by atoms with Crippen LogP contribution in [0.1, 0.15) is 0 Å². The van der Waals surface area contributed by atoms with E-state index >= 15 is 0 Å². The van der Waals surface area contributed by atoms with Gasteiger partial charge in [0.05, 0.1) is 0 Å². The molecule has 0 bridgehead atoms. The standard InChI is InChI=1S/C49H29N3S2/c1-3-11-30(12-4-1)32-19-20-34-26-36(22-21-33(34)25-32)48-50-47(31-13-5-2-6-14-31)51-49(52-48)37-27-41(46-40-16-8-10-18-43(40)54-45(46)29-37)35-23-24-39-38-15-7-9-17-42(38)53-44(39)28-35/h1-29H. The van der Waals surface area contributed by atoms with E-state index in [0.29, 0.717) is 17.5 Å². The van der Waals surface area contributed by atoms with Crippen LogP contribution in [0, 0.1) is 0 Å². The van der Waals surface area contributed by atoms with Crippen molar-refractivity contribution in [1.82, 2.24) is 15.0 Å². The topological polar surface area (TPSA) is 38.7 Å². The molecule has 0 atom stereocenters. The molecule has 0 amide bonds. The lowest BCUT2D eigenvalue weighted by atomic mass is 9.96. The van der Waals surface area contributed by atoms with Crippen LogP contribution in [-0.4, -0.2) is 15.0 Å². The fourth-order valence-corrected chi connectivity index (χ4v) is 9.97. The molecule has 0 saturated heterocycles. The van der Waals surface area contributed by atoms with Crippen LogP contribution in [0.2, 0.25) is 0 Å². The first kappa shape index (κ1) is 31.0. The van der Waals surface area contributed by atoms with Gasteiger partial charge < -0.3 is 0 Å². The zero-order valence-electron chi connectivity index (χ0n) is 28.9. The molecule has 0 N–H and O–H groups in total. The van der Waals surface area contributed by atoms with Crippen molar-refractivity contribution in [3.8, 4) is 56.4 Å². The van der Waals surface area contributed by atoms with Gasteiger partial charge in [0.1, 0.15) is 0 Å². The van der Waals surface area contributed by atoms with Gasteiger partial charge in [-0.2, -0.15) is 0 Å². The van der Waals surface area contributed by atoms with Crippen molar-refractivity contribution in [2.75, 3.05) is 0 Å². The van der Waals surface area contributed by atoms with E-state index in [-0.39, 0.29) is 0 Å². The number of hydrogen-bond donors (Lipinski definition) is 0. The Morgan fingerprint density at radius 3 is 1.57 bits per heavy atom. The first-order valence-electron chi connectivity index (χ1n) is 18.0. The van der Waals surface area contributed by atoms with Gasteiger partial charge >= 0.3 is 0 Å². The molecule has 5 heteroatoms. The summed E-state index contributed by atoms with van der Waals surface area (Å²) in [5.41, 5.74) is 7.65. The monoisotopic (exact) mass is 723 g/mol. The highest BCUT2D eigenvalue weighted by Gasteiger charge is 2.19. The third-order valence-corrected chi connectivity index (χ3v) is 12.6. The van der Waals surface area contributed by atoms with E-state index in [2.05, 4.69) is 158 Å². The molecule has 11 aromatic rings. The van der Waals surface area contributed by atoms with Crippen LogP contribution in [-0.2, 0) is 0 Å². The first-order chi connectivity index (χ1) is 26.7. The summed E-state index contributed by atoms with van der Waals surface area (Å²) < 4.78 is 5.07. The fourth-order valence-electron chi connectivity index (χ4n) is 7.65. The van der Waals surface area contributed by atoms with E-state index in [1.807, 2.05) is 40.9 Å². The largest absolute Gasteiger partial charge is 0.208 e. The smallest absolute Gasteiger partial charge is 0.164 e. The third-order valence-electron chi connectivity index (χ3n) is 10.3. The molecule has 8 aromatic carbocycles. The van der Waals surface area contributed by atoms with Crippen molar-refractivity contribution >= 4 is 73.8 Å². The van der Waals surface area contributed by atoms with Gasteiger partial charge in [-0.15, -0.1) is 22.7 Å². The van der Waals surface area contributed by atoms with Crippen molar-refractivity contribution in [2.24, 2.45) is 0 Å². The molecule has 11 rings (SSSR count). The van der Waals surface area contributed by atoms with Gasteiger partial charge in [-0.25, -0.2) is 15.0 Å². The lowest BCUT2D eigenvalue weighted by molar-refractivity contribution is 1.08. The third kappa shape index (κ3) is 5.28. The molecule has 0 aliphatic carbocycles. The van der Waals surface area contributed by atoms with Gasteiger partial charge in [0.2, 0.25) is 0 Å². The molecular formula is C49H29N3S2. The molecule has 0 aliphatic rings. The van der Waals surface area contributed by atoms with E-state index in [1.165, 1.54) is 68.0 Å². The SMILES string of the molecule is c1ccc(-c2ccc3cc(-c4nc(-c5ccccc5)nc(-c5cc(-c6ccc7c(c6)sc6ccccc67)c6c(c5)sc5ccccc56)n4)ccc3c2)cc1. The van der Waals surface area contributed by atoms with Gasteiger partial charge in [0, 0.05) is 57.0 Å². The van der Waals surface area contributed by atoms with Crippen molar-refractivity contribution < 1.29 is 0 Å². The quantitative estimate of drug-likeness (QED) is 0.177. The number of nitrogens with zero attached hydrogens (tertiary/aromatic N) is 3. The lowest BCUT2D eigenvalue weighted by Gasteiger charge is -2.12. The van der Waals surface area contributed by atoms with Crippen LogP contribution in [0.3, 0.4) is 0 Å². The van der Waals surface area contributed by atoms with Crippen molar-refractivity contribution in [1.29, 1.82) is 0 Å². The van der Waals surface area contributed by atoms with Gasteiger partial charge in [0.25, 0.3) is 0 Å². The highest BCUT2D eigenvalue weighted by Crippen LogP contribution is 2.44. The zero-order chi connectivity index (χ0) is 35.6. The van der Waals surface area contributed by atoms with E-state index in [1.54, 1.807) is 0 Å². The Kier molecular flexibility index (Phi) is 7.22. The number of aromatic nitrogens is 3. The molecule has 0 unspecified atom stereocenters. The summed E-state index contributed by atoms with van der Waals surface area (Å²) in [6.45, 7) is 0. The van der Waals surface area contributed by atoms with E-state index in [4.69, 9.17) is 15.0 Å². The Morgan fingerprint density at radius 1 is 0.296 bits per heavy atom. The summed E-state index contributed by atoms with van der Waals surface area (Å²) in [6.07, 6.45) is 0. The van der Waals surface area contributed by atoms with Crippen LogP contribution >= 0.6 is 22.7 Å². The Morgan fingerprint density at radius 2 is 0.815 bits per heavy atom. The van der Waals surface area contributed by atoms with Gasteiger partial charge in [-0.1, -0.05) is 133 Å². The predicted molar refractivity (Wildman–Crippen MR) is 230 cm³/mol. The van der Waals surface area contributed by atoms with Gasteiger partial charge in [0.15, 0.2) is 17.5 Å². The molecule has 54 heavy (non-hydrogen) atoms. The number of hydrogen-bond acceptors (Lipinski definition) is 5.